The third kappa shape index (κ3) is 21.0. The summed E-state index contributed by atoms with van der Waals surface area (Å²) in [7, 11) is 1.46. The van der Waals surface area contributed by atoms with Gasteiger partial charge in [0, 0.05) is 48.4 Å². The minimum absolute atomic E-state index is 0.0692. The number of halogens is 4. The summed E-state index contributed by atoms with van der Waals surface area (Å²) in [6.45, 7) is 5.45. The Labute approximate surface area is 729 Å². The maximum atomic E-state index is 16.3. The quantitative estimate of drug-likeness (QED) is 0.0279. The Morgan fingerprint density at radius 1 is 0.722 bits per heavy atom. The molecule has 1 aromatic heterocycles. The van der Waals surface area contributed by atoms with Gasteiger partial charge in [0.25, 0.3) is 5.91 Å². The number of nitrogens with two attached hydrogens (primary N) is 2. The van der Waals surface area contributed by atoms with E-state index in [1.165, 1.54) is 49.0 Å². The number of phenolic OH excluding ortho intramolecular Hbond substituents is 3. The van der Waals surface area contributed by atoms with Gasteiger partial charge in [0.2, 0.25) is 65.3 Å². The molecule has 0 spiro atoms. The molecule has 0 unspecified atom stereocenters. The summed E-state index contributed by atoms with van der Waals surface area (Å²) in [5.74, 6) is -18.3. The van der Waals surface area contributed by atoms with Crippen molar-refractivity contribution in [2.75, 3.05) is 25.5 Å². The zero-order valence-corrected chi connectivity index (χ0v) is 69.6. The Balaban J connectivity index is 1.000. The fourth-order valence-electron chi connectivity index (χ4n) is 15.0. The number of guanidine groups is 1. The molecule has 672 valence electrons. The average Bonchev–Trinajstić information content (AvgIpc) is 0.764. The minimum atomic E-state index is -2.42. The number of nitrogens with zero attached hydrogens (tertiary/aromatic N) is 2. The number of fused-ring (bicyclic) bond motifs is 15. The Kier molecular flexibility index (Phi) is 28.9. The first-order valence-corrected chi connectivity index (χ1v) is 40.2. The molecular weight excluding hydrogens is 1720 g/mol. The van der Waals surface area contributed by atoms with Crippen LogP contribution in [0.15, 0.2) is 114 Å². The number of hydrazine groups is 1. The lowest BCUT2D eigenvalue weighted by Gasteiger charge is -2.48. The highest BCUT2D eigenvalue weighted by Crippen LogP contribution is 2.50. The third-order valence-corrected chi connectivity index (χ3v) is 22.3. The smallest absolute Gasteiger partial charge is 0.349 e. The lowest BCUT2D eigenvalue weighted by Crippen LogP contribution is -2.65. The predicted octanol–water partition coefficient (Wildman–Crippen LogP) is 0.397. The first-order valence-electron chi connectivity index (χ1n) is 39.1. The average molecular weight is 1810 g/mol. The van der Waals surface area contributed by atoms with E-state index in [1.807, 2.05) is 0 Å². The van der Waals surface area contributed by atoms with E-state index < -0.39 is 271 Å². The number of phenols is 3. The minimum Gasteiger partial charge on any atom is -0.508 e. The highest BCUT2D eigenvalue weighted by molar-refractivity contribution is 6.32. The predicted molar refractivity (Wildman–Crippen MR) is 441 cm³/mol. The van der Waals surface area contributed by atoms with Crippen LogP contribution in [0, 0.1) is 17.1 Å². The lowest BCUT2D eigenvalue weighted by molar-refractivity contribution is -0.334. The number of hydrogen-bond acceptors (Lipinski definition) is 29. The van der Waals surface area contributed by atoms with Gasteiger partial charge in [0.05, 0.1) is 52.8 Å². The van der Waals surface area contributed by atoms with Crippen LogP contribution >= 0.6 is 34.8 Å². The van der Waals surface area contributed by atoms with E-state index in [9.17, 15) is 74.3 Å². The van der Waals surface area contributed by atoms with Gasteiger partial charge in [-0.05, 0) is 139 Å². The monoisotopic (exact) mass is 1810 g/mol. The van der Waals surface area contributed by atoms with E-state index in [0.29, 0.717) is 5.56 Å². The number of aromatic nitrogens is 2. The van der Waals surface area contributed by atoms with Gasteiger partial charge in [0.15, 0.2) is 23.9 Å². The summed E-state index contributed by atoms with van der Waals surface area (Å²) in [5, 5.41) is 137. The summed E-state index contributed by atoms with van der Waals surface area (Å²) < 4.78 is 54.6. The second-order valence-corrected chi connectivity index (χ2v) is 32.2. The molecular formula is C81H90Cl3FN16O25. The summed E-state index contributed by atoms with van der Waals surface area (Å²) in [4.78, 5) is 150. The molecule has 45 heteroatoms. The molecule has 8 heterocycles. The molecule has 41 nitrogen and oxygen atoms in total. The van der Waals surface area contributed by atoms with Crippen molar-refractivity contribution in [1.29, 1.82) is 5.41 Å². The topological polar surface area (TPSA) is 634 Å². The van der Waals surface area contributed by atoms with Crippen LogP contribution in [0.2, 0.25) is 15.1 Å². The van der Waals surface area contributed by atoms with E-state index in [-0.39, 0.29) is 65.8 Å². The molecule has 126 heavy (non-hydrogen) atoms. The normalized spacial score (nSPS) is 25.8. The summed E-state index contributed by atoms with van der Waals surface area (Å²) in [6.07, 6.45) is -18.7. The van der Waals surface area contributed by atoms with Gasteiger partial charge in [-0.15, -0.1) is 0 Å². The highest BCUT2D eigenvalue weighted by atomic mass is 35.5. The third-order valence-electron chi connectivity index (χ3n) is 21.4. The molecule has 2 fully saturated rings. The van der Waals surface area contributed by atoms with Crippen LogP contribution in [0.1, 0.15) is 111 Å². The molecule has 11 bridgehead atoms. The summed E-state index contributed by atoms with van der Waals surface area (Å²) >= 11 is 20.1. The van der Waals surface area contributed by atoms with E-state index in [2.05, 4.69) is 63.7 Å². The van der Waals surface area contributed by atoms with Gasteiger partial charge < -0.3 is 134 Å². The molecule has 9 amide bonds. The van der Waals surface area contributed by atoms with E-state index in [0.717, 1.165) is 78.9 Å². The second kappa shape index (κ2) is 39.2. The van der Waals surface area contributed by atoms with Gasteiger partial charge in [-0.3, -0.25) is 64.0 Å². The Bertz CT molecular complexity index is 5470. The summed E-state index contributed by atoms with van der Waals surface area (Å²) in [6, 6.07) is 4.13. The van der Waals surface area contributed by atoms with Crippen LogP contribution < -0.4 is 90.1 Å². The number of likely N-dealkylation sites (N-methyl/N-ethyl adjacent to an activating group) is 1. The van der Waals surface area contributed by atoms with Gasteiger partial charge in [-0.2, -0.15) is 4.98 Å². The zero-order valence-electron chi connectivity index (χ0n) is 67.4. The van der Waals surface area contributed by atoms with Crippen LogP contribution in [-0.4, -0.2) is 214 Å². The Morgan fingerprint density at radius 3 is 2.00 bits per heavy atom. The maximum Gasteiger partial charge on any atom is 0.349 e. The molecule has 25 N–H and O–H groups in total. The van der Waals surface area contributed by atoms with Gasteiger partial charge in [0.1, 0.15) is 107 Å². The van der Waals surface area contributed by atoms with Crippen LogP contribution in [-0.2, 0) is 70.3 Å². The molecule has 7 aromatic rings. The van der Waals surface area contributed by atoms with E-state index >= 15 is 24.0 Å². The van der Waals surface area contributed by atoms with E-state index in [4.69, 9.17) is 80.1 Å². The highest BCUT2D eigenvalue weighted by Gasteiger charge is 2.52. The number of nitrogens with one attached hydrogen (secondary N) is 12. The largest absolute Gasteiger partial charge is 0.508 e. The first-order chi connectivity index (χ1) is 59.7. The fraction of sp³-hybridized carbons (Fsp3) is 0.383. The van der Waals surface area contributed by atoms with Crippen LogP contribution in [0.25, 0.3) is 11.1 Å². The standard InChI is InChI=1S/C81H90Cl3FN16O25/c1-31(2)18-45(89-5)71(113)97-62-64(108)35-8-12-49(42(83)22-35)122-51-24-37-25-52(68(51)126-78-69(67(111)66(110)53(30-102)124-78)125-57-29-81(4,70(112)32(3)121-57)90-15-17-101-16-14-55(93-80(101)120)92-56(107)20-33-6-10-41(82)44(85)19-33)123-50-13-9-36(23-43(50)84)65(109)63-76(118)96-61(77(119)99-100-79(87)88)40-26-38(103)27-48(105)58(40)39-21-34(7-11-47(39)104)59(73(115)98-63)95-74(116)60(37)94-72(114)46(28-54(86)106)91-75(62)117/h6-14,16,19,21-27,31-32,45-46,53,57,59-67,69-70,78,89-90,102-105,108-112H,15,17-18,20,28-30H2,1-5H3,(H2,86,106)(H,91,117)(H,94,114)(H,95,116)(H,96,118)(H,97,113)(H,98,115)(H,99,119)(H4,87,88,100)(H,92,93,107,120)/t32-,45+,46-,53+,57-,59+,60+,61+,62+,63-,64+,65+,66+,67-,69+,70+,78-,81-/m0/s1. The Hall–Kier alpha value is -12.1. The van der Waals surface area contributed by atoms with Crippen LogP contribution in [0.4, 0.5) is 10.2 Å². The van der Waals surface area contributed by atoms with Gasteiger partial charge >= 0.3 is 5.69 Å². The summed E-state index contributed by atoms with van der Waals surface area (Å²) in [5.41, 5.74) is 10.5. The van der Waals surface area contributed by atoms with Crippen molar-refractivity contribution in [2.24, 2.45) is 17.4 Å². The number of primary amides is 1. The molecule has 0 aliphatic carbocycles. The van der Waals surface area contributed by atoms with Crippen molar-refractivity contribution < 1.29 is 122 Å². The molecule has 2 saturated heterocycles. The number of carbonyl (C=O) groups excluding carboxylic acids is 9. The number of rotatable bonds is 20. The molecule has 7 aliphatic rings. The van der Waals surface area contributed by atoms with E-state index in [1.54, 1.807) is 20.8 Å². The number of aliphatic hydroxyl groups is 6. The number of carbonyl (C=O) groups is 9. The number of aromatic hydroxyl groups is 3. The van der Waals surface area contributed by atoms with Crippen molar-refractivity contribution in [3.8, 4) is 57.1 Å². The molecule has 0 saturated carbocycles. The number of amides is 9. The molecule has 14 rings (SSSR count). The fourth-order valence-corrected chi connectivity index (χ4v) is 15.6. The number of anilines is 1. The number of benzene rings is 6. The van der Waals surface area contributed by atoms with Gasteiger partial charge in [-0.25, -0.2) is 9.18 Å². The molecule has 7 aliphatic heterocycles. The van der Waals surface area contributed by atoms with Crippen molar-refractivity contribution in [1.82, 2.24) is 62.9 Å². The lowest BCUT2D eigenvalue weighted by atomic mass is 9.85. The molecule has 0 radical (unpaired) electrons. The van der Waals surface area contributed by atoms with Crippen molar-refractivity contribution in [3.63, 3.8) is 0 Å². The first kappa shape index (κ1) is 93.0. The van der Waals surface area contributed by atoms with Crippen molar-refractivity contribution >= 4 is 99.7 Å². The van der Waals surface area contributed by atoms with Crippen LogP contribution in [0.5, 0.6) is 46.0 Å². The SMILES string of the molecule is CN[C@H](CC(C)C)C(=O)N[C@H]1C(=O)N[C@@H](CC(N)=O)C(=O)N[C@H]2C(=O)N[C@H]3C(=O)N[C@H](C(=O)N[C@@H](C(=O)NNC(=N)N)c4cc(O)cc(O)c4-c4cc3ccc4O)[C@H](O)c3ccc(c(Cl)c3)Oc3cc2cc(c3O[C@@H]2O[C@H](CO)[C@@H](O)[C@H](O)[C@H]2O[C@H]2C[C@](C)(NCCn3ccc(NC(=O)Cc4ccc(Cl)c(F)c4)nc3=O)[C@H](O)[C@H](C)O2)Oc2ccc(cc2Cl)[C@H]1O. The molecule has 18 atom stereocenters. The maximum absolute atomic E-state index is 16.3. The number of aliphatic hydroxyl groups excluding tert-OH is 6. The number of hydrogen-bond donors (Lipinski definition) is 23. The molecule has 6 aromatic carbocycles. The van der Waals surface area contributed by atoms with Crippen LogP contribution in [0.3, 0.4) is 0 Å². The Morgan fingerprint density at radius 2 is 1.37 bits per heavy atom. The number of ether oxygens (including phenoxy) is 6. The van der Waals surface area contributed by atoms with Gasteiger partial charge in [-0.1, -0.05) is 72.9 Å². The zero-order chi connectivity index (χ0) is 91.4. The van der Waals surface area contributed by atoms with Crippen molar-refractivity contribution in [2.45, 2.75) is 169 Å². The van der Waals surface area contributed by atoms with Crippen molar-refractivity contribution in [3.05, 3.63) is 174 Å². The second-order valence-electron chi connectivity index (χ2n) is 31.0.